The van der Waals surface area contributed by atoms with Gasteiger partial charge in [0.1, 0.15) is 5.76 Å². The molecule has 0 amide bonds. The van der Waals surface area contributed by atoms with E-state index in [2.05, 4.69) is 40.5 Å². The third-order valence-electron chi connectivity index (χ3n) is 4.73. The van der Waals surface area contributed by atoms with Crippen LogP contribution in [-0.2, 0) is 6.42 Å². The van der Waals surface area contributed by atoms with Crippen molar-refractivity contribution in [1.29, 1.82) is 0 Å². The second-order valence-electron chi connectivity index (χ2n) is 6.13. The van der Waals surface area contributed by atoms with Crippen LogP contribution in [0.5, 0.6) is 0 Å². The van der Waals surface area contributed by atoms with E-state index < -0.39 is 0 Å². The Morgan fingerprint density at radius 3 is 2.62 bits per heavy atom. The van der Waals surface area contributed by atoms with E-state index >= 15 is 0 Å². The van der Waals surface area contributed by atoms with E-state index in [1.807, 2.05) is 6.26 Å². The Balaban J connectivity index is 1.48. The molecule has 1 atom stereocenters. The van der Waals surface area contributed by atoms with Crippen molar-refractivity contribution in [2.75, 3.05) is 23.3 Å². The van der Waals surface area contributed by atoms with E-state index in [-0.39, 0.29) is 0 Å². The minimum absolute atomic E-state index is 0.394. The molecule has 1 aromatic carbocycles. The molecule has 3 heteroatoms. The Morgan fingerprint density at radius 2 is 1.81 bits per heavy atom. The molecular weight excluding hydrogens is 260 g/mol. The number of aryl methyl sites for hydroxylation is 1. The van der Waals surface area contributed by atoms with E-state index in [1.54, 1.807) is 0 Å². The van der Waals surface area contributed by atoms with Crippen molar-refractivity contribution in [3.63, 3.8) is 0 Å². The lowest BCUT2D eigenvalue weighted by Gasteiger charge is -2.24. The van der Waals surface area contributed by atoms with Crippen molar-refractivity contribution in [1.82, 2.24) is 0 Å². The van der Waals surface area contributed by atoms with Gasteiger partial charge in [0.2, 0.25) is 0 Å². The van der Waals surface area contributed by atoms with Crippen LogP contribution >= 0.6 is 0 Å². The molecule has 2 heterocycles. The van der Waals surface area contributed by atoms with E-state index in [4.69, 9.17) is 4.42 Å². The maximum absolute atomic E-state index is 5.56. The Kier molecular flexibility index (Phi) is 3.34. The second-order valence-corrected chi connectivity index (χ2v) is 6.13. The first-order valence-corrected chi connectivity index (χ1v) is 8.08. The molecule has 1 unspecified atom stereocenters. The van der Waals surface area contributed by atoms with Crippen LogP contribution in [0.15, 0.2) is 41.0 Å². The van der Waals surface area contributed by atoms with Gasteiger partial charge in [0.05, 0.1) is 12.3 Å². The quantitative estimate of drug-likeness (QED) is 0.906. The topological polar surface area (TPSA) is 28.4 Å². The number of fused-ring (bicyclic) bond motifs is 1. The molecule has 1 saturated heterocycles. The molecule has 0 spiro atoms. The maximum atomic E-state index is 5.56. The van der Waals surface area contributed by atoms with Crippen molar-refractivity contribution in [2.45, 2.75) is 38.1 Å². The van der Waals surface area contributed by atoms with E-state index in [1.165, 1.54) is 55.7 Å². The zero-order valence-electron chi connectivity index (χ0n) is 12.3. The van der Waals surface area contributed by atoms with Gasteiger partial charge >= 0.3 is 0 Å². The van der Waals surface area contributed by atoms with Crippen LogP contribution in [0.2, 0.25) is 0 Å². The number of nitrogens with zero attached hydrogens (tertiary/aromatic N) is 1. The molecule has 4 rings (SSSR count). The highest BCUT2D eigenvalue weighted by Gasteiger charge is 2.22. The Bertz CT molecular complexity index is 596. The highest BCUT2D eigenvalue weighted by Crippen LogP contribution is 2.33. The number of furan rings is 1. The molecule has 0 bridgehead atoms. The number of hydrogen-bond donors (Lipinski definition) is 1. The molecule has 0 radical (unpaired) electrons. The van der Waals surface area contributed by atoms with Gasteiger partial charge in [-0.25, -0.2) is 0 Å². The van der Waals surface area contributed by atoms with Crippen LogP contribution < -0.4 is 10.2 Å². The minimum atomic E-state index is 0.394. The van der Waals surface area contributed by atoms with Crippen LogP contribution in [0.25, 0.3) is 0 Å². The van der Waals surface area contributed by atoms with Gasteiger partial charge in [0.25, 0.3) is 0 Å². The van der Waals surface area contributed by atoms with E-state index in [0.29, 0.717) is 6.04 Å². The lowest BCUT2D eigenvalue weighted by molar-refractivity contribution is 0.461. The standard InChI is InChI=1S/C18H22N2O/c1-2-12-20(11-1)15-8-6-14(7-9-15)19-17-4-3-5-18-16(17)10-13-21-18/h6-10,13,17,19H,1-5,11-12H2. The summed E-state index contributed by atoms with van der Waals surface area (Å²) in [7, 11) is 0. The van der Waals surface area contributed by atoms with Gasteiger partial charge in [0, 0.05) is 36.4 Å². The lowest BCUT2D eigenvalue weighted by Crippen LogP contribution is -2.18. The summed E-state index contributed by atoms with van der Waals surface area (Å²) >= 11 is 0. The van der Waals surface area contributed by atoms with Gasteiger partial charge in [0.15, 0.2) is 0 Å². The predicted molar refractivity (Wildman–Crippen MR) is 85.9 cm³/mol. The molecule has 1 aromatic heterocycles. The highest BCUT2D eigenvalue weighted by molar-refractivity contribution is 5.56. The fraction of sp³-hybridized carbons (Fsp3) is 0.444. The zero-order valence-corrected chi connectivity index (χ0v) is 12.3. The molecule has 0 saturated carbocycles. The molecule has 110 valence electrons. The normalized spacial score (nSPS) is 21.3. The average Bonchev–Trinajstić information content (AvgIpc) is 3.20. The average molecular weight is 282 g/mol. The Labute approximate surface area is 126 Å². The Morgan fingerprint density at radius 1 is 1.00 bits per heavy atom. The molecule has 1 aliphatic carbocycles. The van der Waals surface area contributed by atoms with Crippen LogP contribution in [0.4, 0.5) is 11.4 Å². The second kappa shape index (κ2) is 5.47. The number of benzene rings is 1. The minimum Gasteiger partial charge on any atom is -0.469 e. The fourth-order valence-electron chi connectivity index (χ4n) is 3.58. The molecule has 1 N–H and O–H groups in total. The number of anilines is 2. The van der Waals surface area contributed by atoms with Crippen molar-refractivity contribution in [3.8, 4) is 0 Å². The van der Waals surface area contributed by atoms with Gasteiger partial charge in [-0.1, -0.05) is 0 Å². The molecule has 3 nitrogen and oxygen atoms in total. The number of hydrogen-bond acceptors (Lipinski definition) is 3. The first kappa shape index (κ1) is 12.8. The first-order valence-electron chi connectivity index (χ1n) is 8.08. The molecule has 2 aliphatic rings. The van der Waals surface area contributed by atoms with Gasteiger partial charge < -0.3 is 14.6 Å². The lowest BCUT2D eigenvalue weighted by atomic mass is 9.93. The van der Waals surface area contributed by atoms with Crippen LogP contribution in [0.3, 0.4) is 0 Å². The van der Waals surface area contributed by atoms with Gasteiger partial charge in [-0.05, 0) is 56.0 Å². The SMILES string of the molecule is c1cc2c(o1)CCCC2Nc1ccc(N2CCCC2)cc1. The zero-order chi connectivity index (χ0) is 14.1. The molecule has 2 aromatic rings. The van der Waals surface area contributed by atoms with Crippen LogP contribution in [0, 0.1) is 0 Å². The third kappa shape index (κ3) is 2.53. The first-order chi connectivity index (χ1) is 10.4. The molecule has 1 fully saturated rings. The molecular formula is C18H22N2O. The van der Waals surface area contributed by atoms with Crippen molar-refractivity contribution < 1.29 is 4.42 Å². The predicted octanol–water partition coefficient (Wildman–Crippen LogP) is 4.37. The van der Waals surface area contributed by atoms with Crippen molar-refractivity contribution in [2.24, 2.45) is 0 Å². The summed E-state index contributed by atoms with van der Waals surface area (Å²) in [6.45, 7) is 2.40. The fourth-order valence-corrected chi connectivity index (χ4v) is 3.58. The van der Waals surface area contributed by atoms with Gasteiger partial charge in [-0.2, -0.15) is 0 Å². The summed E-state index contributed by atoms with van der Waals surface area (Å²) in [6, 6.07) is 11.4. The summed E-state index contributed by atoms with van der Waals surface area (Å²) < 4.78 is 5.56. The van der Waals surface area contributed by atoms with E-state index in [0.717, 1.165) is 12.2 Å². The smallest absolute Gasteiger partial charge is 0.109 e. The van der Waals surface area contributed by atoms with Gasteiger partial charge in [-0.15, -0.1) is 0 Å². The van der Waals surface area contributed by atoms with Crippen molar-refractivity contribution in [3.05, 3.63) is 47.9 Å². The number of nitrogens with one attached hydrogen (secondary N) is 1. The monoisotopic (exact) mass is 282 g/mol. The van der Waals surface area contributed by atoms with Gasteiger partial charge in [-0.3, -0.25) is 0 Å². The summed E-state index contributed by atoms with van der Waals surface area (Å²) in [6.07, 6.45) is 7.93. The van der Waals surface area contributed by atoms with E-state index in [9.17, 15) is 0 Å². The largest absolute Gasteiger partial charge is 0.469 e. The number of rotatable bonds is 3. The highest BCUT2D eigenvalue weighted by atomic mass is 16.3. The summed E-state index contributed by atoms with van der Waals surface area (Å²) in [5.41, 5.74) is 3.90. The third-order valence-corrected chi connectivity index (χ3v) is 4.73. The molecule has 21 heavy (non-hydrogen) atoms. The summed E-state index contributed by atoms with van der Waals surface area (Å²) in [5, 5.41) is 3.66. The summed E-state index contributed by atoms with van der Waals surface area (Å²) in [4.78, 5) is 2.47. The van der Waals surface area contributed by atoms with Crippen LogP contribution in [-0.4, -0.2) is 13.1 Å². The van der Waals surface area contributed by atoms with Crippen LogP contribution in [0.1, 0.15) is 43.0 Å². The van der Waals surface area contributed by atoms with Crippen molar-refractivity contribution >= 4 is 11.4 Å². The summed E-state index contributed by atoms with van der Waals surface area (Å²) in [5.74, 6) is 1.16. The Hall–Kier alpha value is -1.90. The molecule has 1 aliphatic heterocycles. The maximum Gasteiger partial charge on any atom is 0.109 e.